The zero-order chi connectivity index (χ0) is 38.4. The number of ether oxygens (including phenoxy) is 2. The van der Waals surface area contributed by atoms with Gasteiger partial charge in [-0.05, 0) is 49.9 Å². The molecule has 9 rings (SSSR count). The Balaban J connectivity index is 1.19. The molecule has 0 radical (unpaired) electrons. The van der Waals surface area contributed by atoms with Gasteiger partial charge in [-0.15, -0.1) is 11.3 Å². The number of carbonyl (C=O) groups excluding carboxylic acids is 1. The number of thiophene rings is 1. The summed E-state index contributed by atoms with van der Waals surface area (Å²) >= 11 is 7.99. The summed E-state index contributed by atoms with van der Waals surface area (Å²) in [6, 6.07) is 6.56. The van der Waals surface area contributed by atoms with E-state index in [1.54, 1.807) is 4.90 Å². The van der Waals surface area contributed by atoms with Crippen molar-refractivity contribution >= 4 is 60.7 Å². The van der Waals surface area contributed by atoms with Crippen LogP contribution in [0.25, 0.3) is 32.1 Å². The number of carbonyl (C=O) groups is 1. The van der Waals surface area contributed by atoms with Crippen LogP contribution in [0.3, 0.4) is 0 Å². The molecule has 1 saturated carbocycles. The molecule has 16 heteroatoms. The third-order valence-electron chi connectivity index (χ3n) is 12.4. The standard InChI is InChI=1S/C39H36ClF3N8O3S/c1-2-25(52)51-17-20(34(51)38(7-8-38)9-10-44)16-49-12-13-53-32-28-31(47-37(48-36(28)49)54-19-39-6-3-11-50(39)18-21(41)14-39)30(43)27(29(32)40)22-4-5-24(42)33-26(22)23(15-45)35(46)55-33/h2,4-5,20-21,34H,1,3,6-9,11-14,16-19,46H2/t20-,21-,34+,39+/m1/s1. The number of likely N-dealkylation sites (tertiary alicyclic amines) is 1. The van der Waals surface area contributed by atoms with Gasteiger partial charge in [0.15, 0.2) is 11.6 Å². The van der Waals surface area contributed by atoms with Gasteiger partial charge >= 0.3 is 6.01 Å². The summed E-state index contributed by atoms with van der Waals surface area (Å²) < 4.78 is 60.0. The van der Waals surface area contributed by atoms with Crippen molar-refractivity contribution in [3.8, 4) is 35.0 Å². The Kier molecular flexibility index (Phi) is 8.57. The van der Waals surface area contributed by atoms with Gasteiger partial charge in [-0.1, -0.05) is 24.2 Å². The highest BCUT2D eigenvalue weighted by molar-refractivity contribution is 7.23. The van der Waals surface area contributed by atoms with E-state index in [9.17, 15) is 19.7 Å². The van der Waals surface area contributed by atoms with Crippen LogP contribution in [0.2, 0.25) is 5.02 Å². The number of aromatic nitrogens is 2. The van der Waals surface area contributed by atoms with E-state index in [-0.39, 0.29) is 96.0 Å². The number of amides is 1. The van der Waals surface area contributed by atoms with Gasteiger partial charge in [0.25, 0.3) is 0 Å². The van der Waals surface area contributed by atoms with Gasteiger partial charge in [0.2, 0.25) is 5.91 Å². The minimum atomic E-state index is -0.987. The quantitative estimate of drug-likeness (QED) is 0.181. The molecule has 1 aliphatic carbocycles. The van der Waals surface area contributed by atoms with Crippen molar-refractivity contribution in [3.05, 3.63) is 47.0 Å². The van der Waals surface area contributed by atoms with Crippen molar-refractivity contribution in [1.29, 1.82) is 10.5 Å². The topological polar surface area (TPSA) is 145 Å². The Morgan fingerprint density at radius 1 is 1.20 bits per heavy atom. The fraction of sp³-hybridized carbons (Fsp3) is 0.462. The van der Waals surface area contributed by atoms with Crippen molar-refractivity contribution < 1.29 is 27.4 Å². The molecule has 2 aromatic carbocycles. The number of hydrogen-bond donors (Lipinski definition) is 1. The van der Waals surface area contributed by atoms with Gasteiger partial charge in [-0.2, -0.15) is 20.5 Å². The van der Waals surface area contributed by atoms with Gasteiger partial charge in [-0.3, -0.25) is 9.69 Å². The molecule has 11 nitrogen and oxygen atoms in total. The number of fused-ring (bicyclic) bond motifs is 2. The van der Waals surface area contributed by atoms with E-state index in [1.165, 1.54) is 18.2 Å². The van der Waals surface area contributed by atoms with Crippen LogP contribution in [0.1, 0.15) is 44.1 Å². The van der Waals surface area contributed by atoms with Gasteiger partial charge in [0, 0.05) is 60.8 Å². The Morgan fingerprint density at radius 3 is 2.76 bits per heavy atom. The molecule has 284 valence electrons. The van der Waals surface area contributed by atoms with E-state index >= 15 is 8.78 Å². The Hall–Kier alpha value is -4.83. The fourth-order valence-corrected chi connectivity index (χ4v) is 11.0. The minimum Gasteiger partial charge on any atom is -0.489 e. The molecule has 1 amide bonds. The first-order valence-electron chi connectivity index (χ1n) is 18.4. The predicted molar refractivity (Wildman–Crippen MR) is 202 cm³/mol. The van der Waals surface area contributed by atoms with Gasteiger partial charge in [0.1, 0.15) is 47.6 Å². The summed E-state index contributed by atoms with van der Waals surface area (Å²) in [6.07, 6.45) is 4.23. The second-order valence-electron chi connectivity index (χ2n) is 15.4. The summed E-state index contributed by atoms with van der Waals surface area (Å²) in [7, 11) is 0. The van der Waals surface area contributed by atoms with Crippen molar-refractivity contribution in [2.75, 3.05) is 56.6 Å². The summed E-state index contributed by atoms with van der Waals surface area (Å²) in [4.78, 5) is 28.3. The molecule has 0 spiro atoms. The average Bonchev–Trinajstić information content (AvgIpc) is 3.59. The largest absolute Gasteiger partial charge is 0.489 e. The first-order valence-corrected chi connectivity index (χ1v) is 19.6. The van der Waals surface area contributed by atoms with Crippen molar-refractivity contribution in [2.24, 2.45) is 11.3 Å². The Labute approximate surface area is 323 Å². The summed E-state index contributed by atoms with van der Waals surface area (Å²) in [6.45, 7) is 6.11. The lowest BCUT2D eigenvalue weighted by molar-refractivity contribution is -0.142. The minimum absolute atomic E-state index is 0.00221. The normalized spacial score (nSPS) is 25.2. The summed E-state index contributed by atoms with van der Waals surface area (Å²) in [5.74, 6) is -1.29. The smallest absolute Gasteiger partial charge is 0.319 e. The second-order valence-corrected chi connectivity index (χ2v) is 16.8. The van der Waals surface area contributed by atoms with Crippen molar-refractivity contribution in [2.45, 2.75) is 56.3 Å². The molecule has 5 aliphatic rings. The Morgan fingerprint density at radius 2 is 2.02 bits per heavy atom. The van der Waals surface area contributed by atoms with Crippen LogP contribution in [-0.2, 0) is 4.79 Å². The van der Waals surface area contributed by atoms with E-state index in [0.717, 1.165) is 43.6 Å². The molecule has 4 fully saturated rings. The van der Waals surface area contributed by atoms with Crippen LogP contribution < -0.4 is 20.1 Å². The number of nitrogens with zero attached hydrogens (tertiary/aromatic N) is 7. The molecule has 4 aromatic rings. The van der Waals surface area contributed by atoms with E-state index in [2.05, 4.69) is 22.5 Å². The molecule has 2 N–H and O–H groups in total. The highest BCUT2D eigenvalue weighted by Crippen LogP contribution is 2.59. The van der Waals surface area contributed by atoms with Gasteiger partial charge < -0.3 is 25.0 Å². The molecule has 6 heterocycles. The molecule has 3 saturated heterocycles. The molecule has 55 heavy (non-hydrogen) atoms. The number of hydrogen-bond acceptors (Lipinski definition) is 11. The van der Waals surface area contributed by atoms with Crippen LogP contribution in [0.4, 0.5) is 24.0 Å². The number of anilines is 2. The fourth-order valence-electron chi connectivity index (χ4n) is 9.69. The number of rotatable bonds is 9. The van der Waals surface area contributed by atoms with Gasteiger partial charge in [-0.25, -0.2) is 13.2 Å². The van der Waals surface area contributed by atoms with E-state index < -0.39 is 23.3 Å². The van der Waals surface area contributed by atoms with Gasteiger partial charge in [0.05, 0.1) is 38.8 Å². The molecule has 4 aliphatic heterocycles. The maximum absolute atomic E-state index is 17.4. The molecular weight excluding hydrogens is 753 g/mol. The number of nitrogen functional groups attached to an aromatic ring is 1. The lowest BCUT2D eigenvalue weighted by Crippen LogP contribution is -2.65. The van der Waals surface area contributed by atoms with Crippen LogP contribution in [-0.4, -0.2) is 89.4 Å². The molecule has 0 unspecified atom stereocenters. The van der Waals surface area contributed by atoms with E-state index in [4.69, 9.17) is 31.8 Å². The van der Waals surface area contributed by atoms with Crippen LogP contribution in [0.15, 0.2) is 24.8 Å². The lowest BCUT2D eigenvalue weighted by atomic mass is 9.75. The first-order chi connectivity index (χ1) is 26.5. The monoisotopic (exact) mass is 788 g/mol. The second kappa shape index (κ2) is 13.1. The molecule has 4 atom stereocenters. The number of nitrogens with two attached hydrogens (primary N) is 1. The van der Waals surface area contributed by atoms with Crippen LogP contribution in [0.5, 0.6) is 11.8 Å². The lowest BCUT2D eigenvalue weighted by Gasteiger charge is -2.53. The average molecular weight is 789 g/mol. The molecule has 0 bridgehead atoms. The number of benzene rings is 2. The molecular formula is C39H36ClF3N8O3S. The van der Waals surface area contributed by atoms with Crippen molar-refractivity contribution in [3.63, 3.8) is 0 Å². The third kappa shape index (κ3) is 5.49. The zero-order valence-corrected chi connectivity index (χ0v) is 31.3. The summed E-state index contributed by atoms with van der Waals surface area (Å²) in [5, 5.41) is 20.0. The van der Waals surface area contributed by atoms with Crippen LogP contribution >= 0.6 is 22.9 Å². The Bertz CT molecular complexity index is 2390. The van der Waals surface area contributed by atoms with E-state index in [0.29, 0.717) is 44.8 Å². The zero-order valence-electron chi connectivity index (χ0n) is 29.7. The predicted octanol–water partition coefficient (Wildman–Crippen LogP) is 6.76. The maximum atomic E-state index is 17.4. The third-order valence-corrected chi connectivity index (χ3v) is 13.7. The first kappa shape index (κ1) is 35.8. The molecule has 2 aromatic heterocycles. The van der Waals surface area contributed by atoms with Crippen molar-refractivity contribution in [1.82, 2.24) is 19.8 Å². The highest BCUT2D eigenvalue weighted by atomic mass is 35.5. The number of halogens is 4. The highest BCUT2D eigenvalue weighted by Gasteiger charge is 2.60. The summed E-state index contributed by atoms with van der Waals surface area (Å²) in [5.41, 5.74) is 5.13. The van der Waals surface area contributed by atoms with E-state index in [1.807, 2.05) is 11.0 Å². The maximum Gasteiger partial charge on any atom is 0.319 e. The van der Waals surface area contributed by atoms with Crippen LogP contribution in [0, 0.1) is 45.6 Å². The SMILES string of the molecule is C=CC(=O)N1C[C@@H](CN2CCOc3c(Cl)c(-c4ccc(F)c5sc(N)c(C#N)c45)c(F)c4nc(OC[C@@]56CCCN5C[C@H](F)C6)nc2c34)[C@H]1C1(CC#N)CC1. The number of alkyl halides is 1. The number of nitriles is 2.